The van der Waals surface area contributed by atoms with Crippen LogP contribution in [0.3, 0.4) is 0 Å². The lowest BCUT2D eigenvalue weighted by atomic mass is 9.99. The average molecular weight is 234 g/mol. The molecule has 0 heterocycles. The highest BCUT2D eigenvalue weighted by molar-refractivity contribution is 5.96. The number of aryl methyl sites for hydroxylation is 1. The van der Waals surface area contributed by atoms with Gasteiger partial charge in [-0.2, -0.15) is 0 Å². The van der Waals surface area contributed by atoms with Gasteiger partial charge in [0.25, 0.3) is 5.91 Å². The van der Waals surface area contributed by atoms with Crippen LogP contribution < -0.4 is 5.73 Å². The third kappa shape index (κ3) is 2.67. The van der Waals surface area contributed by atoms with Gasteiger partial charge >= 0.3 is 0 Å². The summed E-state index contributed by atoms with van der Waals surface area (Å²) in [6, 6.07) is 5.80. The van der Waals surface area contributed by atoms with Crippen LogP contribution in [0.5, 0.6) is 0 Å². The van der Waals surface area contributed by atoms with Crippen LogP contribution in [-0.4, -0.2) is 29.9 Å². The maximum atomic E-state index is 12.4. The summed E-state index contributed by atoms with van der Waals surface area (Å²) in [5, 5.41) is 0. The lowest BCUT2D eigenvalue weighted by molar-refractivity contribution is 0.0639. The Morgan fingerprint density at radius 3 is 2.47 bits per heavy atom. The molecule has 1 aromatic rings. The Balaban J connectivity index is 3.09. The zero-order valence-corrected chi connectivity index (χ0v) is 11.4. The second kappa shape index (κ2) is 4.88. The standard InChI is InChI=1S/C14H22N2O/c1-10-7-6-8-12(11(10)2)13(17)16(5)14(3,4)9-15/h6-8H,9,15H2,1-5H3. The van der Waals surface area contributed by atoms with Gasteiger partial charge in [-0.25, -0.2) is 0 Å². The number of likely N-dealkylation sites (N-methyl/N-ethyl adjacent to an activating group) is 1. The first-order valence-electron chi connectivity index (χ1n) is 5.85. The van der Waals surface area contributed by atoms with Crippen LogP contribution >= 0.6 is 0 Å². The number of carbonyl (C=O) groups is 1. The number of rotatable bonds is 3. The summed E-state index contributed by atoms with van der Waals surface area (Å²) in [6.45, 7) is 8.37. The molecule has 0 unspecified atom stereocenters. The molecule has 3 nitrogen and oxygen atoms in total. The third-order valence-corrected chi connectivity index (χ3v) is 3.55. The lowest BCUT2D eigenvalue weighted by Crippen LogP contribution is -2.50. The Bertz CT molecular complexity index is 424. The molecule has 0 aliphatic heterocycles. The SMILES string of the molecule is Cc1cccc(C(=O)N(C)C(C)(C)CN)c1C. The van der Waals surface area contributed by atoms with Crippen molar-refractivity contribution in [2.45, 2.75) is 33.2 Å². The van der Waals surface area contributed by atoms with E-state index in [0.29, 0.717) is 6.54 Å². The maximum Gasteiger partial charge on any atom is 0.254 e. The Morgan fingerprint density at radius 2 is 1.94 bits per heavy atom. The van der Waals surface area contributed by atoms with E-state index in [9.17, 15) is 4.79 Å². The van der Waals surface area contributed by atoms with Crippen LogP contribution in [0.1, 0.15) is 35.3 Å². The van der Waals surface area contributed by atoms with Crippen molar-refractivity contribution >= 4 is 5.91 Å². The van der Waals surface area contributed by atoms with Crippen LogP contribution in [0.4, 0.5) is 0 Å². The summed E-state index contributed by atoms with van der Waals surface area (Å²) in [7, 11) is 1.80. The van der Waals surface area contributed by atoms with Gasteiger partial charge in [0.05, 0.1) is 0 Å². The van der Waals surface area contributed by atoms with Gasteiger partial charge in [0.15, 0.2) is 0 Å². The molecule has 0 fully saturated rings. The number of hydrogen-bond acceptors (Lipinski definition) is 2. The second-order valence-corrected chi connectivity index (χ2v) is 5.13. The third-order valence-electron chi connectivity index (χ3n) is 3.55. The predicted molar refractivity (Wildman–Crippen MR) is 71.1 cm³/mol. The molecule has 0 spiro atoms. The van der Waals surface area contributed by atoms with E-state index in [0.717, 1.165) is 16.7 Å². The van der Waals surface area contributed by atoms with E-state index in [1.165, 1.54) is 0 Å². The molecule has 3 heteroatoms. The summed E-state index contributed by atoms with van der Waals surface area (Å²) in [5.74, 6) is 0.0293. The van der Waals surface area contributed by atoms with Crippen LogP contribution in [0.2, 0.25) is 0 Å². The van der Waals surface area contributed by atoms with Crippen molar-refractivity contribution in [1.82, 2.24) is 4.90 Å². The first-order chi connectivity index (χ1) is 7.81. The Morgan fingerprint density at radius 1 is 1.35 bits per heavy atom. The molecule has 0 radical (unpaired) electrons. The van der Waals surface area contributed by atoms with E-state index < -0.39 is 0 Å². The molecule has 94 valence electrons. The van der Waals surface area contributed by atoms with E-state index in [-0.39, 0.29) is 11.4 Å². The van der Waals surface area contributed by atoms with Crippen LogP contribution in [-0.2, 0) is 0 Å². The first-order valence-corrected chi connectivity index (χ1v) is 5.85. The summed E-state index contributed by atoms with van der Waals surface area (Å²) in [4.78, 5) is 14.1. The zero-order valence-electron chi connectivity index (χ0n) is 11.4. The fourth-order valence-corrected chi connectivity index (χ4v) is 1.58. The van der Waals surface area contributed by atoms with E-state index in [1.54, 1.807) is 11.9 Å². The van der Waals surface area contributed by atoms with Crippen molar-refractivity contribution < 1.29 is 4.79 Å². The highest BCUT2D eigenvalue weighted by Crippen LogP contribution is 2.19. The predicted octanol–water partition coefficient (Wildman–Crippen LogP) is 2.11. The summed E-state index contributed by atoms with van der Waals surface area (Å²) < 4.78 is 0. The van der Waals surface area contributed by atoms with Crippen LogP contribution in [0, 0.1) is 13.8 Å². The van der Waals surface area contributed by atoms with E-state index >= 15 is 0 Å². The van der Waals surface area contributed by atoms with E-state index in [1.807, 2.05) is 45.9 Å². The van der Waals surface area contributed by atoms with Gasteiger partial charge in [0.1, 0.15) is 0 Å². The lowest BCUT2D eigenvalue weighted by Gasteiger charge is -2.35. The van der Waals surface area contributed by atoms with Gasteiger partial charge < -0.3 is 10.6 Å². The van der Waals surface area contributed by atoms with E-state index in [2.05, 4.69) is 0 Å². The average Bonchev–Trinajstić information content (AvgIpc) is 2.30. The molecule has 17 heavy (non-hydrogen) atoms. The molecule has 0 saturated carbocycles. The summed E-state index contributed by atoms with van der Waals surface area (Å²) >= 11 is 0. The van der Waals surface area contributed by atoms with Gasteiger partial charge in [0.2, 0.25) is 0 Å². The highest BCUT2D eigenvalue weighted by atomic mass is 16.2. The molecule has 1 rings (SSSR count). The Hall–Kier alpha value is -1.35. The topological polar surface area (TPSA) is 46.3 Å². The highest BCUT2D eigenvalue weighted by Gasteiger charge is 2.27. The first kappa shape index (κ1) is 13.7. The molecule has 0 saturated heterocycles. The number of benzene rings is 1. The molecule has 0 aliphatic carbocycles. The van der Waals surface area contributed by atoms with Gasteiger partial charge in [-0.1, -0.05) is 12.1 Å². The van der Waals surface area contributed by atoms with Crippen molar-refractivity contribution in [1.29, 1.82) is 0 Å². The molecule has 0 aromatic heterocycles. The fourth-order valence-electron chi connectivity index (χ4n) is 1.58. The van der Waals surface area contributed by atoms with Crippen molar-refractivity contribution in [3.05, 3.63) is 34.9 Å². The second-order valence-electron chi connectivity index (χ2n) is 5.13. The van der Waals surface area contributed by atoms with Crippen LogP contribution in [0.25, 0.3) is 0 Å². The smallest absolute Gasteiger partial charge is 0.254 e. The zero-order chi connectivity index (χ0) is 13.2. The quantitative estimate of drug-likeness (QED) is 0.870. The van der Waals surface area contributed by atoms with Crippen molar-refractivity contribution in [3.63, 3.8) is 0 Å². The molecule has 0 aliphatic rings. The minimum atomic E-state index is -0.326. The molecular formula is C14H22N2O. The number of carbonyl (C=O) groups excluding carboxylic acids is 1. The van der Waals surface area contributed by atoms with Gasteiger partial charge in [0, 0.05) is 24.7 Å². The van der Waals surface area contributed by atoms with Crippen molar-refractivity contribution in [3.8, 4) is 0 Å². The molecule has 1 amide bonds. The summed E-state index contributed by atoms with van der Waals surface area (Å²) in [5.41, 5.74) is 8.30. The number of nitrogens with two attached hydrogens (primary N) is 1. The largest absolute Gasteiger partial charge is 0.335 e. The minimum Gasteiger partial charge on any atom is -0.335 e. The van der Waals surface area contributed by atoms with Crippen LogP contribution in [0.15, 0.2) is 18.2 Å². The van der Waals surface area contributed by atoms with E-state index in [4.69, 9.17) is 5.73 Å². The monoisotopic (exact) mass is 234 g/mol. The number of nitrogens with zero attached hydrogens (tertiary/aromatic N) is 1. The van der Waals surface area contributed by atoms with Gasteiger partial charge in [-0.3, -0.25) is 4.79 Å². The minimum absolute atomic E-state index is 0.0293. The molecule has 1 aromatic carbocycles. The van der Waals surface area contributed by atoms with Crippen molar-refractivity contribution in [2.24, 2.45) is 5.73 Å². The molecular weight excluding hydrogens is 212 g/mol. The molecule has 2 N–H and O–H groups in total. The summed E-state index contributed by atoms with van der Waals surface area (Å²) in [6.07, 6.45) is 0. The van der Waals surface area contributed by atoms with Crippen molar-refractivity contribution in [2.75, 3.05) is 13.6 Å². The normalized spacial score (nSPS) is 11.4. The number of amides is 1. The molecule has 0 atom stereocenters. The Labute approximate surface area is 104 Å². The maximum absolute atomic E-state index is 12.4. The van der Waals surface area contributed by atoms with Gasteiger partial charge in [-0.05, 0) is 44.9 Å². The van der Waals surface area contributed by atoms with Gasteiger partial charge in [-0.15, -0.1) is 0 Å². The number of hydrogen-bond donors (Lipinski definition) is 1. The molecule has 0 bridgehead atoms. The fraction of sp³-hybridized carbons (Fsp3) is 0.500. The Kier molecular flexibility index (Phi) is 3.94.